The molecule has 0 amide bonds. The van der Waals surface area contributed by atoms with Crippen LogP contribution in [0.25, 0.3) is 0 Å². The van der Waals surface area contributed by atoms with Gasteiger partial charge in [0, 0.05) is 12.5 Å². The van der Waals surface area contributed by atoms with Gasteiger partial charge in [-0.05, 0) is 5.92 Å². The van der Waals surface area contributed by atoms with Crippen LogP contribution in [0.5, 0.6) is 0 Å². The van der Waals surface area contributed by atoms with E-state index in [-0.39, 0.29) is 5.41 Å². The quantitative estimate of drug-likeness (QED) is 0.671. The molecule has 0 atom stereocenters. The van der Waals surface area contributed by atoms with E-state index in [1.54, 1.807) is 11.0 Å². The molecule has 0 bridgehead atoms. The van der Waals surface area contributed by atoms with E-state index < -0.39 is 0 Å². The average Bonchev–Trinajstić information content (AvgIpc) is 2.35. The largest absolute Gasteiger partial charge is 0.256 e. The Bertz CT molecular complexity index is 260. The zero-order chi connectivity index (χ0) is 9.35. The summed E-state index contributed by atoms with van der Waals surface area (Å²) in [7, 11) is 1.90. The maximum absolute atomic E-state index is 4.31. The Morgan fingerprint density at radius 2 is 2.00 bits per heavy atom. The predicted octanol–water partition coefficient (Wildman–Crippen LogP) is 1.75. The van der Waals surface area contributed by atoms with Crippen LogP contribution in [-0.2, 0) is 12.5 Å². The van der Waals surface area contributed by atoms with Crippen molar-refractivity contribution in [2.24, 2.45) is 13.0 Å². The molecule has 3 heteroatoms. The van der Waals surface area contributed by atoms with Crippen molar-refractivity contribution in [2.45, 2.75) is 33.1 Å². The Kier molecular flexibility index (Phi) is 2.22. The Hall–Kier alpha value is -0.860. The highest BCUT2D eigenvalue weighted by atomic mass is 15.3. The van der Waals surface area contributed by atoms with Gasteiger partial charge in [-0.1, -0.05) is 27.7 Å². The van der Waals surface area contributed by atoms with Gasteiger partial charge in [0.1, 0.15) is 6.33 Å². The molecule has 0 spiro atoms. The highest BCUT2D eigenvalue weighted by molar-refractivity contribution is 5.02. The summed E-state index contributed by atoms with van der Waals surface area (Å²) < 4.78 is 1.75. The lowest BCUT2D eigenvalue weighted by Gasteiger charge is -2.25. The van der Waals surface area contributed by atoms with E-state index in [9.17, 15) is 0 Å². The van der Waals surface area contributed by atoms with Gasteiger partial charge in [-0.3, -0.25) is 4.68 Å². The predicted molar refractivity (Wildman–Crippen MR) is 48.9 cm³/mol. The van der Waals surface area contributed by atoms with Crippen molar-refractivity contribution in [2.75, 3.05) is 0 Å². The van der Waals surface area contributed by atoms with Crippen molar-refractivity contribution in [1.29, 1.82) is 0 Å². The van der Waals surface area contributed by atoms with Gasteiger partial charge in [0.2, 0.25) is 0 Å². The average molecular weight is 167 g/mol. The number of aromatic nitrogens is 3. The molecule has 0 saturated heterocycles. The maximum atomic E-state index is 4.31. The number of hydrogen-bond donors (Lipinski definition) is 0. The highest BCUT2D eigenvalue weighted by Crippen LogP contribution is 2.27. The maximum Gasteiger partial charge on any atom is 0.156 e. The molecule has 12 heavy (non-hydrogen) atoms. The first-order valence-electron chi connectivity index (χ1n) is 4.30. The van der Waals surface area contributed by atoms with Crippen molar-refractivity contribution in [1.82, 2.24) is 14.8 Å². The summed E-state index contributed by atoms with van der Waals surface area (Å²) in [4.78, 5) is 4.26. The third kappa shape index (κ3) is 1.49. The van der Waals surface area contributed by atoms with Crippen molar-refractivity contribution in [3.8, 4) is 0 Å². The van der Waals surface area contributed by atoms with Crippen LogP contribution in [0, 0.1) is 5.92 Å². The molecule has 0 aliphatic heterocycles. The summed E-state index contributed by atoms with van der Waals surface area (Å²) in [5.41, 5.74) is 0.0707. The van der Waals surface area contributed by atoms with Crippen LogP contribution >= 0.6 is 0 Å². The smallest absolute Gasteiger partial charge is 0.156 e. The van der Waals surface area contributed by atoms with Crippen LogP contribution in [-0.4, -0.2) is 14.8 Å². The summed E-state index contributed by atoms with van der Waals surface area (Å²) in [6.45, 7) is 8.73. The van der Waals surface area contributed by atoms with E-state index >= 15 is 0 Å². The molecule has 3 nitrogen and oxygen atoms in total. The van der Waals surface area contributed by atoms with Crippen molar-refractivity contribution >= 4 is 0 Å². The topological polar surface area (TPSA) is 30.7 Å². The molecule has 0 aliphatic carbocycles. The Morgan fingerprint density at radius 1 is 1.42 bits per heavy atom. The second-order valence-electron chi connectivity index (χ2n) is 4.12. The van der Waals surface area contributed by atoms with Crippen LogP contribution in [0.3, 0.4) is 0 Å². The number of rotatable bonds is 2. The fourth-order valence-electron chi connectivity index (χ4n) is 0.893. The molecule has 0 aromatic carbocycles. The highest BCUT2D eigenvalue weighted by Gasteiger charge is 2.28. The first-order chi connectivity index (χ1) is 5.44. The van der Waals surface area contributed by atoms with Gasteiger partial charge in [0.05, 0.1) is 0 Å². The first-order valence-corrected chi connectivity index (χ1v) is 4.30. The van der Waals surface area contributed by atoms with Gasteiger partial charge in [-0.15, -0.1) is 0 Å². The van der Waals surface area contributed by atoms with Crippen LogP contribution in [0.1, 0.15) is 33.5 Å². The number of nitrogens with zero attached hydrogens (tertiary/aromatic N) is 3. The lowest BCUT2D eigenvalue weighted by Crippen LogP contribution is -2.26. The standard InChI is InChI=1S/C9H17N3/c1-7(2)9(3,4)8-10-6-12(5)11-8/h6-7H,1-5H3. The van der Waals surface area contributed by atoms with E-state index in [1.165, 1.54) is 0 Å². The van der Waals surface area contributed by atoms with Gasteiger partial charge in [0.25, 0.3) is 0 Å². The zero-order valence-corrected chi connectivity index (χ0v) is 8.50. The Balaban J connectivity index is 2.97. The number of aryl methyl sites for hydroxylation is 1. The third-order valence-electron chi connectivity index (χ3n) is 2.62. The SMILES string of the molecule is CC(C)C(C)(C)c1ncn(C)n1. The molecule has 0 radical (unpaired) electrons. The zero-order valence-electron chi connectivity index (χ0n) is 8.50. The van der Waals surface area contributed by atoms with Crippen LogP contribution in [0.2, 0.25) is 0 Å². The fourth-order valence-corrected chi connectivity index (χ4v) is 0.893. The first kappa shape index (κ1) is 9.23. The molecular weight excluding hydrogens is 150 g/mol. The molecule has 68 valence electrons. The summed E-state index contributed by atoms with van der Waals surface area (Å²) in [5.74, 6) is 1.49. The Morgan fingerprint density at radius 3 is 2.33 bits per heavy atom. The van der Waals surface area contributed by atoms with Crippen LogP contribution in [0.4, 0.5) is 0 Å². The molecule has 0 N–H and O–H groups in total. The number of hydrogen-bond acceptors (Lipinski definition) is 2. The molecule has 0 fully saturated rings. The van der Waals surface area contributed by atoms with Crippen molar-refractivity contribution < 1.29 is 0 Å². The molecule has 0 saturated carbocycles. The van der Waals surface area contributed by atoms with Crippen molar-refractivity contribution in [3.63, 3.8) is 0 Å². The molecule has 1 rings (SSSR count). The second-order valence-corrected chi connectivity index (χ2v) is 4.12. The van der Waals surface area contributed by atoms with Crippen molar-refractivity contribution in [3.05, 3.63) is 12.2 Å². The van der Waals surface area contributed by atoms with E-state index in [4.69, 9.17) is 0 Å². The van der Waals surface area contributed by atoms with Gasteiger partial charge >= 0.3 is 0 Å². The Labute approximate surface area is 73.8 Å². The minimum atomic E-state index is 0.0707. The monoisotopic (exact) mass is 167 g/mol. The second kappa shape index (κ2) is 2.88. The summed E-state index contributed by atoms with van der Waals surface area (Å²) >= 11 is 0. The van der Waals surface area contributed by atoms with Gasteiger partial charge in [-0.25, -0.2) is 4.98 Å². The molecular formula is C9H17N3. The molecule has 1 aromatic rings. The lowest BCUT2D eigenvalue weighted by atomic mass is 9.80. The minimum absolute atomic E-state index is 0.0707. The van der Waals surface area contributed by atoms with Gasteiger partial charge in [0.15, 0.2) is 5.82 Å². The molecule has 1 aromatic heterocycles. The summed E-state index contributed by atoms with van der Waals surface area (Å²) in [6.07, 6.45) is 1.75. The van der Waals surface area contributed by atoms with Gasteiger partial charge < -0.3 is 0 Å². The van der Waals surface area contributed by atoms with E-state index in [2.05, 4.69) is 37.8 Å². The van der Waals surface area contributed by atoms with Gasteiger partial charge in [-0.2, -0.15) is 5.10 Å². The minimum Gasteiger partial charge on any atom is -0.256 e. The summed E-state index contributed by atoms with van der Waals surface area (Å²) in [6, 6.07) is 0. The van der Waals surface area contributed by atoms with E-state index in [1.807, 2.05) is 7.05 Å². The lowest BCUT2D eigenvalue weighted by molar-refractivity contribution is 0.350. The fraction of sp³-hybridized carbons (Fsp3) is 0.778. The molecule has 0 aliphatic rings. The van der Waals surface area contributed by atoms with E-state index in [0.29, 0.717) is 5.92 Å². The molecule has 0 unspecified atom stereocenters. The normalized spacial score (nSPS) is 12.5. The third-order valence-corrected chi connectivity index (χ3v) is 2.62. The molecule has 1 heterocycles. The van der Waals surface area contributed by atoms with Crippen LogP contribution in [0.15, 0.2) is 6.33 Å². The summed E-state index contributed by atoms with van der Waals surface area (Å²) in [5, 5.41) is 4.31. The van der Waals surface area contributed by atoms with E-state index in [0.717, 1.165) is 5.82 Å². The van der Waals surface area contributed by atoms with Crippen LogP contribution < -0.4 is 0 Å².